The predicted molar refractivity (Wildman–Crippen MR) is 68.3 cm³/mol. The Labute approximate surface area is 112 Å². The molecule has 0 radical (unpaired) electrons. The molecule has 0 aliphatic rings. The molecule has 3 nitrogen and oxygen atoms in total. The number of allylic oxidation sites excluding steroid dienone is 2. The van der Waals surface area contributed by atoms with Gasteiger partial charge in [0, 0.05) is 5.38 Å². The molecule has 1 aromatic heterocycles. The molecule has 2 aromatic rings. The molecular formula is C13H8F2N2OS. The Kier molecular flexibility index (Phi) is 3.58. The second-order valence-electron chi connectivity index (χ2n) is 3.71. The van der Waals surface area contributed by atoms with E-state index in [1.165, 1.54) is 18.4 Å². The lowest BCUT2D eigenvalue weighted by atomic mass is 10.1. The van der Waals surface area contributed by atoms with Crippen LogP contribution in [0.25, 0.3) is 16.8 Å². The molecule has 0 saturated carbocycles. The second-order valence-corrected chi connectivity index (χ2v) is 4.56. The Morgan fingerprint density at radius 3 is 2.53 bits per heavy atom. The number of thiazole rings is 1. The maximum atomic E-state index is 13.6. The minimum absolute atomic E-state index is 0.00648. The van der Waals surface area contributed by atoms with Gasteiger partial charge in [-0.1, -0.05) is 6.07 Å². The van der Waals surface area contributed by atoms with Gasteiger partial charge in [-0.2, -0.15) is 5.26 Å². The van der Waals surface area contributed by atoms with Crippen molar-refractivity contribution in [3.63, 3.8) is 0 Å². The fraction of sp³-hybridized carbons (Fsp3) is 0.0769. The average Bonchev–Trinajstić information content (AvgIpc) is 2.78. The van der Waals surface area contributed by atoms with E-state index in [-0.39, 0.29) is 27.6 Å². The lowest BCUT2D eigenvalue weighted by molar-refractivity contribution is 0.418. The van der Waals surface area contributed by atoms with Crippen LogP contribution in [0.3, 0.4) is 0 Å². The SMILES string of the molecule is CC(O)=C(C#N)c1nc(-c2c(F)cccc2F)cs1. The third-order valence-electron chi connectivity index (χ3n) is 2.41. The smallest absolute Gasteiger partial charge is 0.138 e. The van der Waals surface area contributed by atoms with Crippen molar-refractivity contribution < 1.29 is 13.9 Å². The molecule has 1 aromatic carbocycles. The van der Waals surface area contributed by atoms with Crippen LogP contribution in [0.1, 0.15) is 11.9 Å². The van der Waals surface area contributed by atoms with Crippen molar-refractivity contribution in [3.8, 4) is 17.3 Å². The van der Waals surface area contributed by atoms with E-state index < -0.39 is 11.6 Å². The molecule has 0 bridgehead atoms. The highest BCUT2D eigenvalue weighted by Crippen LogP contribution is 2.30. The highest BCUT2D eigenvalue weighted by Gasteiger charge is 2.16. The van der Waals surface area contributed by atoms with Crippen LogP contribution in [0.2, 0.25) is 0 Å². The van der Waals surface area contributed by atoms with Crippen LogP contribution >= 0.6 is 11.3 Å². The molecule has 96 valence electrons. The normalized spacial score (nSPS) is 11.9. The van der Waals surface area contributed by atoms with Gasteiger partial charge in [0.05, 0.1) is 11.3 Å². The zero-order valence-corrected chi connectivity index (χ0v) is 10.6. The van der Waals surface area contributed by atoms with Crippen molar-refractivity contribution in [1.29, 1.82) is 5.26 Å². The van der Waals surface area contributed by atoms with E-state index in [0.717, 1.165) is 23.5 Å². The summed E-state index contributed by atoms with van der Waals surface area (Å²) in [4.78, 5) is 3.99. The largest absolute Gasteiger partial charge is 0.511 e. The molecule has 0 fully saturated rings. The summed E-state index contributed by atoms with van der Waals surface area (Å²) in [5.41, 5.74) is -0.143. The Morgan fingerprint density at radius 2 is 2.00 bits per heavy atom. The van der Waals surface area contributed by atoms with Gasteiger partial charge >= 0.3 is 0 Å². The number of nitrogens with zero attached hydrogens (tertiary/aromatic N) is 2. The van der Waals surface area contributed by atoms with Crippen LogP contribution in [0.4, 0.5) is 8.78 Å². The standard InChI is InChI=1S/C13H8F2N2OS/c1-7(18)8(5-16)13-17-11(6-19-13)12-9(14)3-2-4-10(12)15/h2-4,6,18H,1H3. The molecule has 0 amide bonds. The van der Waals surface area contributed by atoms with E-state index in [0.29, 0.717) is 0 Å². The first-order valence-electron chi connectivity index (χ1n) is 5.24. The molecule has 6 heteroatoms. The van der Waals surface area contributed by atoms with Gasteiger partial charge in [-0.05, 0) is 19.1 Å². The number of aromatic nitrogens is 1. The Hall–Kier alpha value is -2.26. The number of hydrogen-bond donors (Lipinski definition) is 1. The van der Waals surface area contributed by atoms with Gasteiger partial charge in [0.15, 0.2) is 0 Å². The first kappa shape index (κ1) is 13.2. The molecule has 0 atom stereocenters. The number of benzene rings is 1. The lowest BCUT2D eigenvalue weighted by Gasteiger charge is -2.00. The molecule has 0 aliphatic carbocycles. The number of hydrogen-bond acceptors (Lipinski definition) is 4. The van der Waals surface area contributed by atoms with Gasteiger partial charge in [0.1, 0.15) is 34.0 Å². The molecule has 0 unspecified atom stereocenters. The topological polar surface area (TPSA) is 56.9 Å². The van der Waals surface area contributed by atoms with Crippen LogP contribution < -0.4 is 0 Å². The summed E-state index contributed by atoms with van der Waals surface area (Å²) in [6, 6.07) is 5.34. The summed E-state index contributed by atoms with van der Waals surface area (Å²) >= 11 is 1.04. The van der Waals surface area contributed by atoms with Crippen molar-refractivity contribution in [2.45, 2.75) is 6.92 Å². The van der Waals surface area contributed by atoms with Crippen molar-refractivity contribution in [1.82, 2.24) is 4.98 Å². The maximum absolute atomic E-state index is 13.6. The van der Waals surface area contributed by atoms with Gasteiger partial charge in [-0.3, -0.25) is 0 Å². The molecule has 19 heavy (non-hydrogen) atoms. The van der Waals surface area contributed by atoms with Crippen molar-refractivity contribution >= 4 is 16.9 Å². The molecule has 2 rings (SSSR count). The summed E-state index contributed by atoms with van der Waals surface area (Å²) in [5.74, 6) is -1.63. The van der Waals surface area contributed by atoms with E-state index in [2.05, 4.69) is 4.98 Å². The quantitative estimate of drug-likeness (QED) is 0.669. The number of nitriles is 1. The Balaban J connectivity index is 2.54. The first-order chi connectivity index (χ1) is 9.04. The summed E-state index contributed by atoms with van der Waals surface area (Å²) in [5, 5.41) is 19.9. The second kappa shape index (κ2) is 5.16. The van der Waals surface area contributed by atoms with E-state index in [1.54, 1.807) is 6.07 Å². The number of rotatable bonds is 2. The Morgan fingerprint density at radius 1 is 1.37 bits per heavy atom. The van der Waals surface area contributed by atoms with Crippen LogP contribution in [0, 0.1) is 23.0 Å². The van der Waals surface area contributed by atoms with Crippen LogP contribution in [0.15, 0.2) is 29.3 Å². The van der Waals surface area contributed by atoms with Crippen molar-refractivity contribution in [2.24, 2.45) is 0 Å². The van der Waals surface area contributed by atoms with Crippen LogP contribution in [0.5, 0.6) is 0 Å². The third kappa shape index (κ3) is 2.46. The summed E-state index contributed by atoms with van der Waals surface area (Å²) in [6.07, 6.45) is 0. The highest BCUT2D eigenvalue weighted by atomic mass is 32.1. The number of aliphatic hydroxyl groups excluding tert-OH is 1. The molecular weight excluding hydrogens is 270 g/mol. The zero-order valence-electron chi connectivity index (χ0n) is 9.82. The van der Waals surface area contributed by atoms with Gasteiger partial charge in [0.2, 0.25) is 0 Å². The molecule has 1 N–H and O–H groups in total. The molecule has 1 heterocycles. The van der Waals surface area contributed by atoms with E-state index in [1.807, 2.05) is 0 Å². The average molecular weight is 278 g/mol. The minimum Gasteiger partial charge on any atom is -0.511 e. The lowest BCUT2D eigenvalue weighted by Crippen LogP contribution is -1.91. The molecule has 0 aliphatic heterocycles. The van der Waals surface area contributed by atoms with E-state index in [4.69, 9.17) is 5.26 Å². The molecule has 0 spiro atoms. The van der Waals surface area contributed by atoms with Gasteiger partial charge < -0.3 is 5.11 Å². The van der Waals surface area contributed by atoms with Crippen LogP contribution in [-0.2, 0) is 0 Å². The van der Waals surface area contributed by atoms with E-state index in [9.17, 15) is 13.9 Å². The summed E-state index contributed by atoms with van der Waals surface area (Å²) in [6.45, 7) is 1.35. The highest BCUT2D eigenvalue weighted by molar-refractivity contribution is 7.11. The van der Waals surface area contributed by atoms with Crippen molar-refractivity contribution in [3.05, 3.63) is 46.0 Å². The van der Waals surface area contributed by atoms with Gasteiger partial charge in [-0.15, -0.1) is 11.3 Å². The summed E-state index contributed by atoms with van der Waals surface area (Å²) in [7, 11) is 0. The first-order valence-corrected chi connectivity index (χ1v) is 6.12. The van der Waals surface area contributed by atoms with Crippen LogP contribution in [-0.4, -0.2) is 10.1 Å². The summed E-state index contributed by atoms with van der Waals surface area (Å²) < 4.78 is 27.2. The number of aliphatic hydroxyl groups is 1. The third-order valence-corrected chi connectivity index (χ3v) is 3.27. The fourth-order valence-electron chi connectivity index (χ4n) is 1.53. The predicted octanol–water partition coefficient (Wildman–Crippen LogP) is 3.90. The molecule has 0 saturated heterocycles. The van der Waals surface area contributed by atoms with Gasteiger partial charge in [0.25, 0.3) is 0 Å². The number of halogens is 2. The van der Waals surface area contributed by atoms with Gasteiger partial charge in [-0.25, -0.2) is 13.8 Å². The maximum Gasteiger partial charge on any atom is 0.138 e. The Bertz CT molecular complexity index is 677. The van der Waals surface area contributed by atoms with Crippen molar-refractivity contribution in [2.75, 3.05) is 0 Å². The fourth-order valence-corrected chi connectivity index (χ4v) is 2.39. The van der Waals surface area contributed by atoms with E-state index >= 15 is 0 Å². The minimum atomic E-state index is -0.722. The monoisotopic (exact) mass is 278 g/mol. The zero-order chi connectivity index (χ0) is 14.0.